The number of nitrogens with one attached hydrogen (secondary N) is 1. The van der Waals surface area contributed by atoms with Crippen LogP contribution in [0.25, 0.3) is 0 Å². The van der Waals surface area contributed by atoms with Gasteiger partial charge in [-0.05, 0) is 12.5 Å². The summed E-state index contributed by atoms with van der Waals surface area (Å²) in [5.41, 5.74) is 2.28. The van der Waals surface area contributed by atoms with Gasteiger partial charge in [0.2, 0.25) is 0 Å². The van der Waals surface area contributed by atoms with Gasteiger partial charge in [-0.2, -0.15) is 0 Å². The van der Waals surface area contributed by atoms with Gasteiger partial charge < -0.3 is 10.3 Å². The predicted octanol–water partition coefficient (Wildman–Crippen LogP) is 1.75. The van der Waals surface area contributed by atoms with Crippen molar-refractivity contribution >= 4 is 17.3 Å². The molecule has 0 spiro atoms. The fourth-order valence-electron chi connectivity index (χ4n) is 1.72. The normalized spacial score (nSPS) is 10.1. The third-order valence-electron chi connectivity index (χ3n) is 2.81. The maximum absolute atomic E-state index is 12.2. The van der Waals surface area contributed by atoms with Gasteiger partial charge in [-0.3, -0.25) is 20.8 Å². The van der Waals surface area contributed by atoms with Crippen LogP contribution < -0.4 is 11.3 Å². The summed E-state index contributed by atoms with van der Waals surface area (Å²) in [4.78, 5) is 24.1. The summed E-state index contributed by atoms with van der Waals surface area (Å²) in [6, 6.07) is 4.30. The quantitative estimate of drug-likeness (QED) is 0.464. The lowest BCUT2D eigenvalue weighted by Gasteiger charge is -2.18. The minimum absolute atomic E-state index is 0.0425. The molecule has 0 heterocycles. The minimum Gasteiger partial charge on any atom is -0.342 e. The number of nitrogen functional groups attached to an aromatic ring is 1. The number of para-hydroxylation sites is 1. The molecule has 0 aliphatic rings. The SMILES string of the molecule is CCCCN(C)C(=O)c1cccc([N+](=O)[O-])c1NN. The maximum Gasteiger partial charge on any atom is 0.294 e. The number of nitrogens with two attached hydrogens (primary N) is 1. The molecule has 0 unspecified atom stereocenters. The van der Waals surface area contributed by atoms with Crippen molar-refractivity contribution in [3.05, 3.63) is 33.9 Å². The van der Waals surface area contributed by atoms with E-state index in [2.05, 4.69) is 5.43 Å². The van der Waals surface area contributed by atoms with Gasteiger partial charge in [0.1, 0.15) is 5.69 Å². The second-order valence-corrected chi connectivity index (χ2v) is 4.18. The summed E-state index contributed by atoms with van der Waals surface area (Å²) in [6.07, 6.45) is 1.84. The molecule has 0 atom stereocenters. The first-order valence-corrected chi connectivity index (χ1v) is 6.02. The van der Waals surface area contributed by atoms with E-state index in [1.165, 1.54) is 23.1 Å². The number of unbranched alkanes of at least 4 members (excludes halogenated alkanes) is 1. The number of amides is 1. The number of carbonyl (C=O) groups excluding carboxylic acids is 1. The van der Waals surface area contributed by atoms with E-state index < -0.39 is 4.92 Å². The van der Waals surface area contributed by atoms with Crippen LogP contribution in [-0.2, 0) is 0 Å². The summed E-state index contributed by atoms with van der Waals surface area (Å²) in [5, 5.41) is 10.9. The zero-order chi connectivity index (χ0) is 14.4. The maximum atomic E-state index is 12.2. The molecule has 0 radical (unpaired) electrons. The summed E-state index contributed by atoms with van der Waals surface area (Å²) >= 11 is 0. The van der Waals surface area contributed by atoms with Crippen molar-refractivity contribution in [2.75, 3.05) is 19.0 Å². The Balaban J connectivity index is 3.09. The molecule has 0 aliphatic heterocycles. The number of nitro groups is 1. The van der Waals surface area contributed by atoms with Crippen LogP contribution in [0.4, 0.5) is 11.4 Å². The average Bonchev–Trinajstić information content (AvgIpc) is 2.42. The zero-order valence-electron chi connectivity index (χ0n) is 11.0. The molecule has 7 nitrogen and oxygen atoms in total. The molecule has 104 valence electrons. The van der Waals surface area contributed by atoms with Gasteiger partial charge in [-0.15, -0.1) is 0 Å². The van der Waals surface area contributed by atoms with E-state index in [-0.39, 0.29) is 22.8 Å². The molecule has 0 saturated heterocycles. The number of benzene rings is 1. The molecule has 1 amide bonds. The molecule has 0 fully saturated rings. The van der Waals surface area contributed by atoms with Crippen molar-refractivity contribution in [1.29, 1.82) is 0 Å². The zero-order valence-corrected chi connectivity index (χ0v) is 11.0. The largest absolute Gasteiger partial charge is 0.342 e. The number of hydrogen-bond donors (Lipinski definition) is 2. The summed E-state index contributed by atoms with van der Waals surface area (Å²) in [7, 11) is 1.66. The Morgan fingerprint density at radius 2 is 2.21 bits per heavy atom. The average molecular weight is 266 g/mol. The van der Waals surface area contributed by atoms with Crippen molar-refractivity contribution < 1.29 is 9.72 Å². The summed E-state index contributed by atoms with van der Waals surface area (Å²) in [6.45, 7) is 2.63. The first-order valence-electron chi connectivity index (χ1n) is 6.02. The highest BCUT2D eigenvalue weighted by molar-refractivity contribution is 6.01. The smallest absolute Gasteiger partial charge is 0.294 e. The van der Waals surface area contributed by atoms with E-state index in [1.54, 1.807) is 7.05 Å². The Morgan fingerprint density at radius 1 is 1.53 bits per heavy atom. The second-order valence-electron chi connectivity index (χ2n) is 4.18. The summed E-state index contributed by atoms with van der Waals surface area (Å²) in [5.74, 6) is 5.02. The van der Waals surface area contributed by atoms with Gasteiger partial charge in [-0.25, -0.2) is 0 Å². The Bertz CT molecular complexity index is 476. The lowest BCUT2D eigenvalue weighted by molar-refractivity contribution is -0.384. The van der Waals surface area contributed by atoms with Crippen LogP contribution in [0.1, 0.15) is 30.1 Å². The third kappa shape index (κ3) is 3.41. The van der Waals surface area contributed by atoms with Gasteiger partial charge in [0, 0.05) is 19.7 Å². The Hall–Kier alpha value is -2.15. The number of hydrazine groups is 1. The molecule has 0 aromatic heterocycles. The highest BCUT2D eigenvalue weighted by Crippen LogP contribution is 2.28. The minimum atomic E-state index is -0.571. The van der Waals surface area contributed by atoms with Crippen LogP contribution in [0.5, 0.6) is 0 Å². The monoisotopic (exact) mass is 266 g/mol. The summed E-state index contributed by atoms with van der Waals surface area (Å²) < 4.78 is 0. The van der Waals surface area contributed by atoms with E-state index in [9.17, 15) is 14.9 Å². The van der Waals surface area contributed by atoms with Crippen molar-refractivity contribution in [3.63, 3.8) is 0 Å². The number of carbonyl (C=O) groups is 1. The first-order chi connectivity index (χ1) is 9.02. The van der Waals surface area contributed by atoms with Gasteiger partial charge in [-0.1, -0.05) is 19.4 Å². The predicted molar refractivity (Wildman–Crippen MR) is 72.8 cm³/mol. The highest BCUT2D eigenvalue weighted by atomic mass is 16.6. The Morgan fingerprint density at radius 3 is 2.74 bits per heavy atom. The first kappa shape index (κ1) is 14.9. The van der Waals surface area contributed by atoms with Crippen LogP contribution in [0.2, 0.25) is 0 Å². The van der Waals surface area contributed by atoms with E-state index in [0.29, 0.717) is 6.54 Å². The third-order valence-corrected chi connectivity index (χ3v) is 2.81. The number of nitro benzene ring substituents is 1. The van der Waals surface area contributed by atoms with E-state index in [4.69, 9.17) is 5.84 Å². The number of hydrogen-bond acceptors (Lipinski definition) is 5. The van der Waals surface area contributed by atoms with Crippen molar-refractivity contribution in [3.8, 4) is 0 Å². The van der Waals surface area contributed by atoms with Gasteiger partial charge >= 0.3 is 0 Å². The molecule has 0 saturated carbocycles. The van der Waals surface area contributed by atoms with Crippen molar-refractivity contribution in [2.24, 2.45) is 5.84 Å². The van der Waals surface area contributed by atoms with Gasteiger partial charge in [0.25, 0.3) is 11.6 Å². The Labute approximate surface area is 111 Å². The number of rotatable bonds is 6. The van der Waals surface area contributed by atoms with Crippen LogP contribution in [-0.4, -0.2) is 29.3 Å². The molecule has 0 bridgehead atoms. The van der Waals surface area contributed by atoms with Crippen LogP contribution in [0.3, 0.4) is 0 Å². The lowest BCUT2D eigenvalue weighted by Crippen LogP contribution is -2.29. The molecule has 19 heavy (non-hydrogen) atoms. The van der Waals surface area contributed by atoms with Gasteiger partial charge in [0.15, 0.2) is 0 Å². The van der Waals surface area contributed by atoms with Crippen LogP contribution in [0, 0.1) is 10.1 Å². The Kier molecular flexibility index (Phi) is 5.25. The molecule has 3 N–H and O–H groups in total. The van der Waals surface area contributed by atoms with Gasteiger partial charge in [0.05, 0.1) is 10.5 Å². The molecule has 7 heteroatoms. The van der Waals surface area contributed by atoms with Crippen molar-refractivity contribution in [1.82, 2.24) is 4.90 Å². The topological polar surface area (TPSA) is 102 Å². The van der Waals surface area contributed by atoms with E-state index in [1.807, 2.05) is 6.92 Å². The fraction of sp³-hybridized carbons (Fsp3) is 0.417. The van der Waals surface area contributed by atoms with Crippen LogP contribution in [0.15, 0.2) is 18.2 Å². The number of nitrogens with zero attached hydrogens (tertiary/aromatic N) is 2. The van der Waals surface area contributed by atoms with Crippen LogP contribution >= 0.6 is 0 Å². The lowest BCUT2D eigenvalue weighted by atomic mass is 10.1. The molecular formula is C12H18N4O3. The fourth-order valence-corrected chi connectivity index (χ4v) is 1.72. The molecule has 0 aliphatic carbocycles. The van der Waals surface area contributed by atoms with E-state index >= 15 is 0 Å². The molecule has 1 aromatic carbocycles. The molecule has 1 rings (SSSR count). The number of anilines is 1. The second kappa shape index (κ2) is 6.69. The molecular weight excluding hydrogens is 248 g/mol. The highest BCUT2D eigenvalue weighted by Gasteiger charge is 2.22. The van der Waals surface area contributed by atoms with Crippen molar-refractivity contribution in [2.45, 2.75) is 19.8 Å². The standard InChI is InChI=1S/C12H18N4O3/c1-3-4-8-15(2)12(17)9-6-5-7-10(16(18)19)11(9)14-13/h5-7,14H,3-4,8,13H2,1-2H3. The van der Waals surface area contributed by atoms with E-state index in [0.717, 1.165) is 12.8 Å². The molecule has 1 aromatic rings.